The normalized spacial score (nSPS) is 35.3. The number of Topliss-reactive ketones (excluding diaryl/α,β-unsaturated/α-hetero) is 2. The Morgan fingerprint density at radius 3 is 2.29 bits per heavy atom. The lowest BCUT2D eigenvalue weighted by atomic mass is 9.54. The van der Waals surface area contributed by atoms with Crippen LogP contribution in [0, 0.1) is 11.8 Å². The van der Waals surface area contributed by atoms with Crippen LogP contribution in [-0.2, 0) is 15.2 Å². The number of carbonyl (C=O) groups is 3. The Balaban J connectivity index is 2.12. The molecule has 12 heteroatoms. The van der Waals surface area contributed by atoms with Gasteiger partial charge in [0.2, 0.25) is 5.78 Å². The molecule has 1 aromatic rings. The van der Waals surface area contributed by atoms with E-state index < -0.39 is 93.2 Å². The molecule has 3 aliphatic rings. The Morgan fingerprint density at radius 2 is 1.76 bits per heavy atom. The van der Waals surface area contributed by atoms with Crippen molar-refractivity contribution in [2.24, 2.45) is 17.6 Å². The van der Waals surface area contributed by atoms with E-state index in [1.165, 1.54) is 31.1 Å². The van der Waals surface area contributed by atoms with Crippen molar-refractivity contribution < 1.29 is 50.1 Å². The van der Waals surface area contributed by atoms with Crippen LogP contribution in [0.3, 0.4) is 0 Å². The van der Waals surface area contributed by atoms with Crippen molar-refractivity contribution in [2.45, 2.75) is 23.3 Å². The second-order valence-corrected chi connectivity index (χ2v) is 9.00. The number of amides is 1. The summed E-state index contributed by atoms with van der Waals surface area (Å²) in [7, 11) is 2.77. The van der Waals surface area contributed by atoms with Gasteiger partial charge in [0.15, 0.2) is 11.4 Å². The predicted octanol–water partition coefficient (Wildman–Crippen LogP) is -2.27. The van der Waals surface area contributed by atoms with E-state index in [1.54, 1.807) is 0 Å². The molecular formula is C22H24N2O10. The fourth-order valence-electron chi connectivity index (χ4n) is 5.63. The van der Waals surface area contributed by atoms with Gasteiger partial charge in [0.1, 0.15) is 28.4 Å². The number of nitrogens with two attached hydrogens (primary N) is 1. The highest BCUT2D eigenvalue weighted by atomic mass is 16.4. The molecule has 3 aliphatic carbocycles. The highest BCUT2D eigenvalue weighted by Gasteiger charge is 2.69. The molecule has 0 saturated heterocycles. The van der Waals surface area contributed by atoms with E-state index in [0.29, 0.717) is 0 Å². The lowest BCUT2D eigenvalue weighted by Crippen LogP contribution is -2.70. The van der Waals surface area contributed by atoms with E-state index in [1.807, 2.05) is 0 Å². The largest absolute Gasteiger partial charge is 0.510 e. The van der Waals surface area contributed by atoms with Crippen LogP contribution in [0.1, 0.15) is 15.9 Å². The molecule has 4 rings (SSSR count). The molecule has 34 heavy (non-hydrogen) atoms. The first-order valence-electron chi connectivity index (χ1n) is 10.2. The van der Waals surface area contributed by atoms with Gasteiger partial charge in [-0.15, -0.1) is 0 Å². The summed E-state index contributed by atoms with van der Waals surface area (Å²) in [5, 5.41) is 76.8. The second kappa shape index (κ2) is 7.35. The number of phenolic OH excluding ortho intramolecular Hbond substituents is 1. The molecule has 0 aromatic heterocycles. The summed E-state index contributed by atoms with van der Waals surface area (Å²) < 4.78 is 0. The second-order valence-electron chi connectivity index (χ2n) is 9.00. The number of hydrogen-bond donors (Lipinski definition) is 8. The first-order chi connectivity index (χ1) is 15.8. The zero-order chi connectivity index (χ0) is 25.5. The van der Waals surface area contributed by atoms with Gasteiger partial charge in [-0.2, -0.15) is 0 Å². The molecule has 0 spiro atoms. The number of ketones is 2. The molecule has 1 aromatic carbocycles. The minimum absolute atomic E-state index is 0.243. The lowest BCUT2D eigenvalue weighted by Gasteiger charge is -2.55. The molecule has 9 N–H and O–H groups in total. The maximum atomic E-state index is 13.4. The monoisotopic (exact) mass is 476 g/mol. The van der Waals surface area contributed by atoms with Gasteiger partial charge in [0, 0.05) is 5.56 Å². The van der Waals surface area contributed by atoms with Crippen LogP contribution in [0.15, 0.2) is 40.9 Å². The van der Waals surface area contributed by atoms with Crippen molar-refractivity contribution in [1.29, 1.82) is 0 Å². The third kappa shape index (κ3) is 2.62. The Hall–Kier alpha value is -3.29. The van der Waals surface area contributed by atoms with Gasteiger partial charge in [-0.1, -0.05) is 12.1 Å². The summed E-state index contributed by atoms with van der Waals surface area (Å²) in [6, 6.07) is 2.17. The van der Waals surface area contributed by atoms with Crippen molar-refractivity contribution >= 4 is 17.5 Å². The van der Waals surface area contributed by atoms with Crippen molar-refractivity contribution in [2.75, 3.05) is 20.7 Å². The van der Waals surface area contributed by atoms with Crippen molar-refractivity contribution in [3.63, 3.8) is 0 Å². The van der Waals surface area contributed by atoms with E-state index in [9.17, 15) is 50.1 Å². The van der Waals surface area contributed by atoms with E-state index in [-0.39, 0.29) is 5.56 Å². The van der Waals surface area contributed by atoms with Crippen molar-refractivity contribution in [1.82, 2.24) is 4.90 Å². The number of nitrogens with zero attached hydrogens (tertiary/aromatic N) is 1. The van der Waals surface area contributed by atoms with E-state index in [2.05, 4.69) is 0 Å². The van der Waals surface area contributed by atoms with Gasteiger partial charge in [-0.3, -0.25) is 19.3 Å². The zero-order valence-electron chi connectivity index (χ0n) is 18.1. The number of aromatic hydroxyl groups is 1. The van der Waals surface area contributed by atoms with Crippen molar-refractivity contribution in [3.05, 3.63) is 52.0 Å². The number of primary amides is 1. The zero-order valence-corrected chi connectivity index (χ0v) is 18.1. The fourth-order valence-corrected chi connectivity index (χ4v) is 5.63. The van der Waals surface area contributed by atoms with Gasteiger partial charge in [0.05, 0.1) is 41.7 Å². The summed E-state index contributed by atoms with van der Waals surface area (Å²) in [5.74, 6) is -10.5. The average molecular weight is 476 g/mol. The molecule has 0 saturated carbocycles. The smallest absolute Gasteiger partial charge is 0.255 e. The highest BCUT2D eigenvalue weighted by molar-refractivity contribution is 6.25. The van der Waals surface area contributed by atoms with Gasteiger partial charge in [-0.25, -0.2) is 0 Å². The molecule has 12 nitrogen and oxygen atoms in total. The summed E-state index contributed by atoms with van der Waals surface area (Å²) in [6.07, 6.45) is -2.03. The molecule has 0 bridgehead atoms. The van der Waals surface area contributed by atoms with E-state index in [4.69, 9.17) is 5.73 Å². The number of aliphatic hydroxyl groups is 6. The Kier molecular flexibility index (Phi) is 5.16. The Bertz CT molecular complexity index is 1200. The fraction of sp³-hybridized carbons (Fsp3) is 0.409. The lowest BCUT2D eigenvalue weighted by molar-refractivity contribution is -0.180. The molecular weight excluding hydrogens is 452 g/mol. The molecule has 0 radical (unpaired) electrons. The Labute approximate surface area is 192 Å². The van der Waals surface area contributed by atoms with E-state index >= 15 is 0 Å². The van der Waals surface area contributed by atoms with Crippen LogP contribution < -0.4 is 5.73 Å². The first kappa shape index (κ1) is 23.9. The number of phenols is 1. The number of hydrogen-bond acceptors (Lipinski definition) is 11. The molecule has 0 aliphatic heterocycles. The molecule has 1 amide bonds. The quantitative estimate of drug-likeness (QED) is 0.217. The summed E-state index contributed by atoms with van der Waals surface area (Å²) in [4.78, 5) is 39.8. The minimum Gasteiger partial charge on any atom is -0.510 e. The first-order valence-corrected chi connectivity index (χ1v) is 10.2. The standard InChI is InChI=1S/C22H24N2O10/c1-24(2)14-13-17(29)12-10(18(30)22(13,34)19(31)11(16(14)28)20(23)32)15(27)9-7(21(12,33)6-25)4-3-5-8(9)26/h3-5,12-14,17,25-26,28-30,33-34H,6H2,1-2H3,(H2,23,32)/t12-,13-,14+,17+,21?,22+/m1/s1. The van der Waals surface area contributed by atoms with E-state index in [0.717, 1.165) is 6.07 Å². The molecule has 1 unspecified atom stereocenters. The summed E-state index contributed by atoms with van der Waals surface area (Å²) >= 11 is 0. The molecule has 6 atom stereocenters. The third-order valence-corrected chi connectivity index (χ3v) is 7.11. The van der Waals surface area contributed by atoms with Gasteiger partial charge < -0.3 is 41.5 Å². The number of fused-ring (bicyclic) bond motifs is 3. The van der Waals surface area contributed by atoms with Crippen molar-refractivity contribution in [3.8, 4) is 5.75 Å². The number of carbonyl (C=O) groups excluding carboxylic acids is 3. The minimum atomic E-state index is -3.11. The van der Waals surface area contributed by atoms with Gasteiger partial charge in [-0.05, 0) is 20.2 Å². The van der Waals surface area contributed by atoms with Crippen LogP contribution in [0.5, 0.6) is 5.75 Å². The molecule has 0 fully saturated rings. The van der Waals surface area contributed by atoms with Crippen LogP contribution >= 0.6 is 0 Å². The topological polar surface area (TPSA) is 222 Å². The summed E-state index contributed by atoms with van der Waals surface area (Å²) in [5.41, 5.74) is -2.92. The van der Waals surface area contributed by atoms with Crippen LogP contribution in [0.25, 0.3) is 0 Å². The van der Waals surface area contributed by atoms with Gasteiger partial charge >= 0.3 is 0 Å². The molecule has 182 valence electrons. The third-order valence-electron chi connectivity index (χ3n) is 7.11. The van der Waals surface area contributed by atoms with Crippen LogP contribution in [-0.4, -0.2) is 96.6 Å². The Morgan fingerprint density at radius 1 is 1.15 bits per heavy atom. The van der Waals surface area contributed by atoms with Gasteiger partial charge in [0.25, 0.3) is 5.91 Å². The number of likely N-dealkylation sites (N-methyl/N-ethyl adjacent to an activating group) is 1. The number of rotatable bonds is 3. The number of benzene rings is 1. The average Bonchev–Trinajstić information content (AvgIpc) is 2.76. The maximum absolute atomic E-state index is 13.4. The maximum Gasteiger partial charge on any atom is 0.255 e. The summed E-state index contributed by atoms with van der Waals surface area (Å²) in [6.45, 7) is -1.09. The molecule has 0 heterocycles. The SMILES string of the molecule is CN(C)[C@@H]1C(O)=C(C(N)=O)C(=O)[C@@]2(O)C(O)=C3C(=O)c4c(O)cccc4C(O)(CO)[C@H]3[C@H](O)[C@@H]12. The number of aliphatic hydroxyl groups excluding tert-OH is 4. The predicted molar refractivity (Wildman–Crippen MR) is 112 cm³/mol. The highest BCUT2D eigenvalue weighted by Crippen LogP contribution is 2.56. The van der Waals surface area contributed by atoms with Crippen LogP contribution in [0.2, 0.25) is 0 Å². The van der Waals surface area contributed by atoms with Crippen LogP contribution in [0.4, 0.5) is 0 Å².